The Hall–Kier alpha value is -3.41. The van der Waals surface area contributed by atoms with Gasteiger partial charge in [0.2, 0.25) is 6.33 Å². The number of nitrogens with one attached hydrogen (secondary N) is 2. The molecule has 0 aliphatic rings. The third-order valence-electron chi connectivity index (χ3n) is 3.51. The van der Waals surface area contributed by atoms with E-state index in [1.165, 1.54) is 0 Å². The van der Waals surface area contributed by atoms with Crippen LogP contribution in [0.1, 0.15) is 0 Å². The van der Waals surface area contributed by atoms with Crippen molar-refractivity contribution in [3.8, 4) is 0 Å². The Kier molecular flexibility index (Phi) is 5.21. The van der Waals surface area contributed by atoms with E-state index in [0.717, 1.165) is 11.4 Å². The van der Waals surface area contributed by atoms with Crippen molar-refractivity contribution in [2.45, 2.75) is 13.1 Å². The lowest BCUT2D eigenvalue weighted by Crippen LogP contribution is -2.38. The molecule has 0 unspecified atom stereocenters. The molecule has 3 aromatic rings. The number of hydrogen-bond acceptors (Lipinski definition) is 2. The molecule has 6 heteroatoms. The molecular weight excluding hydrogens is 316 g/mol. The summed E-state index contributed by atoms with van der Waals surface area (Å²) in [5.41, 5.74) is 1.52. The van der Waals surface area contributed by atoms with Crippen molar-refractivity contribution in [2.75, 3.05) is 10.6 Å². The highest BCUT2D eigenvalue weighted by Gasteiger charge is 2.12. The summed E-state index contributed by atoms with van der Waals surface area (Å²) in [6, 6.07) is 18.6. The fraction of sp³-hybridized carbons (Fsp3) is 0.105. The van der Waals surface area contributed by atoms with Gasteiger partial charge in [0.05, 0.1) is 0 Å². The molecule has 0 aliphatic carbocycles. The highest BCUT2D eigenvalue weighted by atomic mass is 16.2. The third kappa shape index (κ3) is 5.04. The number of amides is 2. The van der Waals surface area contributed by atoms with E-state index in [2.05, 4.69) is 10.6 Å². The normalized spacial score (nSPS) is 10.2. The molecule has 3 rings (SSSR count). The van der Waals surface area contributed by atoms with Crippen molar-refractivity contribution in [1.29, 1.82) is 0 Å². The maximum Gasteiger partial charge on any atom is 0.266 e. The summed E-state index contributed by atoms with van der Waals surface area (Å²) in [7, 11) is 0. The monoisotopic (exact) mass is 335 g/mol. The molecule has 2 aromatic carbocycles. The zero-order chi connectivity index (χ0) is 17.5. The van der Waals surface area contributed by atoms with Crippen molar-refractivity contribution in [1.82, 2.24) is 4.57 Å². The van der Waals surface area contributed by atoms with Gasteiger partial charge in [-0.3, -0.25) is 9.59 Å². The molecule has 0 fully saturated rings. The standard InChI is InChI=1S/C19H18N4O2/c24-18(20-16-7-3-1-4-8-16)13-22-11-12-23(15-22)14-19(25)21-17-9-5-2-6-10-17/h1-12,15H,13-14H2,(H-,20,21,24,25)/p+1. The van der Waals surface area contributed by atoms with Crippen LogP contribution >= 0.6 is 0 Å². The molecule has 1 aromatic heterocycles. The Morgan fingerprint density at radius 1 is 0.840 bits per heavy atom. The Morgan fingerprint density at radius 3 is 2.00 bits per heavy atom. The average molecular weight is 335 g/mol. The molecule has 0 saturated heterocycles. The van der Waals surface area contributed by atoms with Crippen LogP contribution in [0.4, 0.5) is 11.4 Å². The molecule has 0 bridgehead atoms. The summed E-state index contributed by atoms with van der Waals surface area (Å²) in [5, 5.41) is 5.65. The second kappa shape index (κ2) is 7.92. The van der Waals surface area contributed by atoms with E-state index >= 15 is 0 Å². The Balaban J connectivity index is 1.52. The van der Waals surface area contributed by atoms with Gasteiger partial charge in [0.15, 0.2) is 13.1 Å². The summed E-state index contributed by atoms with van der Waals surface area (Å²) in [6.45, 7) is 0.365. The molecule has 6 nitrogen and oxygen atoms in total. The van der Waals surface area contributed by atoms with E-state index in [9.17, 15) is 9.59 Å². The van der Waals surface area contributed by atoms with Gasteiger partial charge < -0.3 is 10.6 Å². The lowest BCUT2D eigenvalue weighted by molar-refractivity contribution is -0.683. The number of hydrogen-bond donors (Lipinski definition) is 2. The van der Waals surface area contributed by atoms with Gasteiger partial charge in [0.25, 0.3) is 11.8 Å². The first kappa shape index (κ1) is 16.4. The predicted octanol–water partition coefficient (Wildman–Crippen LogP) is 2.05. The summed E-state index contributed by atoms with van der Waals surface area (Å²) in [4.78, 5) is 24.1. The Morgan fingerprint density at radius 2 is 1.40 bits per heavy atom. The van der Waals surface area contributed by atoms with Crippen LogP contribution < -0.4 is 15.2 Å². The number of para-hydroxylation sites is 2. The lowest BCUT2D eigenvalue weighted by atomic mass is 10.3. The van der Waals surface area contributed by atoms with Gasteiger partial charge in [0, 0.05) is 11.4 Å². The summed E-state index contributed by atoms with van der Waals surface area (Å²) < 4.78 is 3.46. The maximum absolute atomic E-state index is 12.0. The van der Waals surface area contributed by atoms with Crippen LogP contribution in [0.15, 0.2) is 79.4 Å². The second-order valence-electron chi connectivity index (χ2n) is 5.59. The largest absolute Gasteiger partial charge is 0.323 e. The molecule has 0 aliphatic heterocycles. The number of aromatic nitrogens is 2. The molecule has 0 saturated carbocycles. The number of imidazole rings is 1. The topological polar surface area (TPSA) is 67.0 Å². The molecule has 1 heterocycles. The molecule has 2 amide bonds. The van der Waals surface area contributed by atoms with Gasteiger partial charge in [-0.25, -0.2) is 9.13 Å². The summed E-state index contributed by atoms with van der Waals surface area (Å²) >= 11 is 0. The highest BCUT2D eigenvalue weighted by Crippen LogP contribution is 2.05. The quantitative estimate of drug-likeness (QED) is 0.677. The summed E-state index contributed by atoms with van der Waals surface area (Å²) in [5.74, 6) is -0.245. The minimum atomic E-state index is -0.123. The van der Waals surface area contributed by atoms with Gasteiger partial charge in [0.1, 0.15) is 12.4 Å². The molecule has 25 heavy (non-hydrogen) atoms. The number of carbonyl (C=O) groups excluding carboxylic acids is 2. The van der Waals surface area contributed by atoms with Gasteiger partial charge in [-0.1, -0.05) is 36.4 Å². The molecule has 2 N–H and O–H groups in total. The van der Waals surface area contributed by atoms with E-state index in [4.69, 9.17) is 0 Å². The van der Waals surface area contributed by atoms with Crippen LogP contribution in [-0.2, 0) is 22.7 Å². The third-order valence-corrected chi connectivity index (χ3v) is 3.51. The van der Waals surface area contributed by atoms with E-state index in [1.54, 1.807) is 27.9 Å². The van der Waals surface area contributed by atoms with Crippen LogP contribution in [0.5, 0.6) is 0 Å². The van der Waals surface area contributed by atoms with E-state index in [-0.39, 0.29) is 24.9 Å². The molecule has 0 spiro atoms. The minimum Gasteiger partial charge on any atom is -0.323 e. The van der Waals surface area contributed by atoms with Crippen molar-refractivity contribution in [3.63, 3.8) is 0 Å². The second-order valence-corrected chi connectivity index (χ2v) is 5.59. The van der Waals surface area contributed by atoms with Crippen LogP contribution in [0.25, 0.3) is 0 Å². The number of anilines is 2. The van der Waals surface area contributed by atoms with Crippen LogP contribution in [0.2, 0.25) is 0 Å². The molecule has 0 radical (unpaired) electrons. The zero-order valence-corrected chi connectivity index (χ0v) is 13.6. The van der Waals surface area contributed by atoms with E-state index in [1.807, 2.05) is 60.7 Å². The van der Waals surface area contributed by atoms with Crippen LogP contribution in [0.3, 0.4) is 0 Å². The van der Waals surface area contributed by atoms with Crippen LogP contribution in [0, 0.1) is 0 Å². The number of rotatable bonds is 6. The molecular formula is C19H19N4O2+. The molecule has 126 valence electrons. The average Bonchev–Trinajstić information content (AvgIpc) is 3.03. The first-order valence-electron chi connectivity index (χ1n) is 7.94. The first-order valence-corrected chi connectivity index (χ1v) is 7.94. The lowest BCUT2D eigenvalue weighted by Gasteiger charge is -2.03. The van der Waals surface area contributed by atoms with Gasteiger partial charge in [-0.05, 0) is 24.3 Å². The Bertz CT molecular complexity index is 774. The number of nitrogens with zero attached hydrogens (tertiary/aromatic N) is 2. The Labute approximate surface area is 145 Å². The van der Waals surface area contributed by atoms with E-state index < -0.39 is 0 Å². The minimum absolute atomic E-state index is 0.123. The maximum atomic E-state index is 12.0. The van der Waals surface area contributed by atoms with Crippen molar-refractivity contribution in [3.05, 3.63) is 79.4 Å². The van der Waals surface area contributed by atoms with Gasteiger partial charge >= 0.3 is 0 Å². The number of carbonyl (C=O) groups is 2. The zero-order valence-electron chi connectivity index (χ0n) is 13.6. The predicted molar refractivity (Wildman–Crippen MR) is 94.8 cm³/mol. The van der Waals surface area contributed by atoms with Gasteiger partial charge in [-0.15, -0.1) is 0 Å². The molecule has 0 atom stereocenters. The van der Waals surface area contributed by atoms with Crippen molar-refractivity contribution in [2.24, 2.45) is 0 Å². The van der Waals surface area contributed by atoms with E-state index in [0.29, 0.717) is 0 Å². The smallest absolute Gasteiger partial charge is 0.266 e. The fourth-order valence-electron chi connectivity index (χ4n) is 2.40. The van der Waals surface area contributed by atoms with Crippen molar-refractivity contribution < 1.29 is 14.2 Å². The first-order chi connectivity index (χ1) is 12.2. The fourth-order valence-corrected chi connectivity index (χ4v) is 2.40. The van der Waals surface area contributed by atoms with Gasteiger partial charge in [-0.2, -0.15) is 0 Å². The SMILES string of the molecule is O=C(Cn1cc[n+](CC(=O)Nc2ccccc2)c1)Nc1ccccc1. The summed E-state index contributed by atoms with van der Waals surface area (Å²) in [6.07, 6.45) is 5.26. The number of benzene rings is 2. The van der Waals surface area contributed by atoms with Crippen molar-refractivity contribution >= 4 is 23.2 Å². The van der Waals surface area contributed by atoms with Crippen LogP contribution in [-0.4, -0.2) is 16.4 Å². The highest BCUT2D eigenvalue weighted by molar-refractivity contribution is 5.90.